The van der Waals surface area contributed by atoms with Gasteiger partial charge in [-0.1, -0.05) is 13.0 Å². The number of aromatic hydroxyl groups is 1. The number of carbonyl (C=O) groups excluding carboxylic acids is 2. The van der Waals surface area contributed by atoms with Crippen LogP contribution in [0.4, 0.5) is 5.00 Å². The molecule has 1 atom stereocenters. The number of thiophene rings is 1. The number of anilines is 1. The Balaban J connectivity index is 1.93. The van der Waals surface area contributed by atoms with Gasteiger partial charge in [0.25, 0.3) is 5.91 Å². The highest BCUT2D eigenvalue weighted by Crippen LogP contribution is 2.40. The van der Waals surface area contributed by atoms with Crippen LogP contribution in [-0.2, 0) is 22.4 Å². The Kier molecular flexibility index (Phi) is 6.98. The predicted molar refractivity (Wildman–Crippen MR) is 118 cm³/mol. The molecule has 0 unspecified atom stereocenters. The first-order chi connectivity index (χ1) is 14.9. The van der Waals surface area contributed by atoms with Crippen molar-refractivity contribution in [3.63, 3.8) is 0 Å². The van der Waals surface area contributed by atoms with Crippen LogP contribution in [0.5, 0.6) is 11.5 Å². The first kappa shape index (κ1) is 22.4. The van der Waals surface area contributed by atoms with Gasteiger partial charge in [0.05, 0.1) is 19.3 Å². The average molecular weight is 441 g/mol. The Morgan fingerprint density at radius 1 is 1.42 bits per heavy atom. The predicted octanol–water partition coefficient (Wildman–Crippen LogP) is 4.31. The normalized spacial score (nSPS) is 15.5. The third-order valence-corrected chi connectivity index (χ3v) is 6.27. The first-order valence-electron chi connectivity index (χ1n) is 9.99. The maximum atomic E-state index is 12.9. The highest BCUT2D eigenvalue weighted by Gasteiger charge is 2.29. The summed E-state index contributed by atoms with van der Waals surface area (Å²) in [7, 11) is 1.41. The minimum absolute atomic E-state index is 0.0416. The van der Waals surface area contributed by atoms with Crippen LogP contribution in [0.3, 0.4) is 0 Å². The Bertz CT molecular complexity index is 1080. The second kappa shape index (κ2) is 9.67. The van der Waals surface area contributed by atoms with Crippen molar-refractivity contribution < 1.29 is 24.2 Å². The summed E-state index contributed by atoms with van der Waals surface area (Å²) in [5.41, 5.74) is 1.71. The van der Waals surface area contributed by atoms with E-state index in [1.165, 1.54) is 36.7 Å². The summed E-state index contributed by atoms with van der Waals surface area (Å²) in [4.78, 5) is 26.5. The van der Waals surface area contributed by atoms with E-state index in [2.05, 4.69) is 12.2 Å². The van der Waals surface area contributed by atoms with E-state index in [0.717, 1.165) is 29.7 Å². The summed E-state index contributed by atoms with van der Waals surface area (Å²) in [5, 5.41) is 22.4. The van der Waals surface area contributed by atoms with Gasteiger partial charge in [-0.15, -0.1) is 11.3 Å². The van der Waals surface area contributed by atoms with Crippen molar-refractivity contribution in [3.8, 4) is 17.6 Å². The molecule has 2 aromatic rings. The molecule has 31 heavy (non-hydrogen) atoms. The van der Waals surface area contributed by atoms with Crippen molar-refractivity contribution >= 4 is 34.3 Å². The summed E-state index contributed by atoms with van der Waals surface area (Å²) in [6, 6.07) is 6.41. The smallest absolute Gasteiger partial charge is 0.341 e. The third-order valence-electron chi connectivity index (χ3n) is 5.10. The van der Waals surface area contributed by atoms with E-state index in [1.54, 1.807) is 13.0 Å². The number of nitrogens with one attached hydrogen (secondary N) is 1. The van der Waals surface area contributed by atoms with Crippen molar-refractivity contribution in [2.24, 2.45) is 5.92 Å². The zero-order chi connectivity index (χ0) is 22.5. The highest BCUT2D eigenvalue weighted by atomic mass is 32.1. The molecule has 0 saturated heterocycles. The number of methoxy groups -OCH3 is 1. The lowest BCUT2D eigenvalue weighted by molar-refractivity contribution is -0.112. The van der Waals surface area contributed by atoms with Gasteiger partial charge in [-0.2, -0.15) is 5.26 Å². The maximum Gasteiger partial charge on any atom is 0.341 e. The standard InChI is InChI=1S/C23H24N2O5S/c1-4-30-23(28)20-16-7-5-13(2)9-19(16)31-22(20)25-21(27)15(12-24)10-14-6-8-17(26)18(11-14)29-3/h6,8,10-11,13,26H,4-5,7,9H2,1-3H3,(H,25,27)/b15-10+/t13-/m0/s1. The minimum atomic E-state index is -0.619. The van der Waals surface area contributed by atoms with Gasteiger partial charge in [0, 0.05) is 4.88 Å². The molecule has 8 heteroatoms. The Hall–Kier alpha value is -3.31. The first-order valence-corrected chi connectivity index (χ1v) is 10.8. The molecule has 7 nitrogen and oxygen atoms in total. The number of carbonyl (C=O) groups is 2. The number of nitriles is 1. The van der Waals surface area contributed by atoms with Crippen LogP contribution in [0.2, 0.25) is 0 Å². The minimum Gasteiger partial charge on any atom is -0.504 e. The van der Waals surface area contributed by atoms with E-state index in [9.17, 15) is 20.0 Å². The number of ether oxygens (including phenoxy) is 2. The number of hydrogen-bond acceptors (Lipinski definition) is 7. The molecule has 0 radical (unpaired) electrons. The zero-order valence-electron chi connectivity index (χ0n) is 17.7. The largest absolute Gasteiger partial charge is 0.504 e. The number of fused-ring (bicyclic) bond motifs is 1. The quantitative estimate of drug-likeness (QED) is 0.394. The van der Waals surface area contributed by atoms with Crippen LogP contribution < -0.4 is 10.1 Å². The van der Waals surface area contributed by atoms with Crippen LogP contribution in [-0.4, -0.2) is 30.7 Å². The van der Waals surface area contributed by atoms with Gasteiger partial charge in [-0.3, -0.25) is 4.79 Å². The van der Waals surface area contributed by atoms with Crippen LogP contribution in [0.25, 0.3) is 6.08 Å². The van der Waals surface area contributed by atoms with Gasteiger partial charge in [0.1, 0.15) is 16.6 Å². The summed E-state index contributed by atoms with van der Waals surface area (Å²) in [5.74, 6) is -0.387. The molecule has 1 aliphatic rings. The molecule has 1 aliphatic carbocycles. The van der Waals surface area contributed by atoms with Gasteiger partial charge >= 0.3 is 5.97 Å². The summed E-state index contributed by atoms with van der Waals surface area (Å²) < 4.78 is 10.3. The molecule has 0 aliphatic heterocycles. The maximum absolute atomic E-state index is 12.9. The molecule has 0 bridgehead atoms. The topological polar surface area (TPSA) is 109 Å². The Labute approximate surface area is 184 Å². The van der Waals surface area contributed by atoms with Gasteiger partial charge in [-0.25, -0.2) is 4.79 Å². The van der Waals surface area contributed by atoms with Gasteiger partial charge in [0.2, 0.25) is 0 Å². The summed E-state index contributed by atoms with van der Waals surface area (Å²) in [6.45, 7) is 4.13. The van der Waals surface area contributed by atoms with Gasteiger partial charge < -0.3 is 19.9 Å². The number of benzene rings is 1. The number of phenolic OH excluding ortho intramolecular Hbond substituents is 1. The van der Waals surface area contributed by atoms with E-state index < -0.39 is 11.9 Å². The molecular formula is C23H24N2O5S. The lowest BCUT2D eigenvalue weighted by Gasteiger charge is -2.18. The number of hydrogen-bond donors (Lipinski definition) is 2. The van der Waals surface area contributed by atoms with E-state index >= 15 is 0 Å². The van der Waals surface area contributed by atoms with Crippen molar-refractivity contribution in [3.05, 3.63) is 45.3 Å². The summed E-state index contributed by atoms with van der Waals surface area (Å²) >= 11 is 1.37. The molecule has 0 spiro atoms. The van der Waals surface area contributed by atoms with Crippen LogP contribution in [0.15, 0.2) is 23.8 Å². The number of rotatable bonds is 6. The van der Waals surface area contributed by atoms with E-state index in [0.29, 0.717) is 22.0 Å². The summed E-state index contributed by atoms with van der Waals surface area (Å²) in [6.07, 6.45) is 3.97. The van der Waals surface area contributed by atoms with Crippen LogP contribution in [0.1, 0.15) is 46.6 Å². The van der Waals surface area contributed by atoms with Crippen LogP contribution >= 0.6 is 11.3 Å². The molecule has 0 saturated carbocycles. The lowest BCUT2D eigenvalue weighted by Crippen LogP contribution is -2.17. The molecule has 3 rings (SSSR count). The molecule has 1 aromatic carbocycles. The fraction of sp³-hybridized carbons (Fsp3) is 0.348. The van der Waals surface area contributed by atoms with Crippen molar-refractivity contribution in [1.29, 1.82) is 5.26 Å². The Morgan fingerprint density at radius 3 is 2.87 bits per heavy atom. The highest BCUT2D eigenvalue weighted by molar-refractivity contribution is 7.17. The van der Waals surface area contributed by atoms with E-state index in [4.69, 9.17) is 9.47 Å². The van der Waals surface area contributed by atoms with Crippen LogP contribution in [0, 0.1) is 17.2 Å². The second-order valence-electron chi connectivity index (χ2n) is 7.33. The fourth-order valence-electron chi connectivity index (χ4n) is 3.53. The van der Waals surface area contributed by atoms with Crippen molar-refractivity contribution in [1.82, 2.24) is 0 Å². The lowest BCUT2D eigenvalue weighted by atomic mass is 9.88. The molecule has 1 heterocycles. The Morgan fingerprint density at radius 2 is 2.19 bits per heavy atom. The SMILES string of the molecule is CCOC(=O)c1c(NC(=O)/C(C#N)=C/c2ccc(O)c(OC)c2)sc2c1CC[C@H](C)C2. The van der Waals surface area contributed by atoms with E-state index in [1.807, 2.05) is 6.07 Å². The number of nitrogens with zero attached hydrogens (tertiary/aromatic N) is 1. The van der Waals surface area contributed by atoms with Gasteiger partial charge in [0.15, 0.2) is 11.5 Å². The number of phenols is 1. The fourth-order valence-corrected chi connectivity index (χ4v) is 4.92. The monoisotopic (exact) mass is 440 g/mol. The molecule has 1 amide bonds. The molecular weight excluding hydrogens is 416 g/mol. The second-order valence-corrected chi connectivity index (χ2v) is 8.44. The zero-order valence-corrected chi connectivity index (χ0v) is 18.5. The molecule has 2 N–H and O–H groups in total. The van der Waals surface area contributed by atoms with Crippen molar-refractivity contribution in [2.45, 2.75) is 33.1 Å². The third kappa shape index (κ3) is 4.89. The van der Waals surface area contributed by atoms with Gasteiger partial charge in [-0.05, 0) is 61.4 Å². The molecule has 162 valence electrons. The molecule has 0 fully saturated rings. The number of esters is 1. The average Bonchev–Trinajstić information content (AvgIpc) is 3.09. The molecule has 1 aromatic heterocycles. The van der Waals surface area contributed by atoms with Crippen molar-refractivity contribution in [2.75, 3.05) is 19.0 Å². The number of amides is 1. The van der Waals surface area contributed by atoms with E-state index in [-0.39, 0.29) is 23.7 Å².